The van der Waals surface area contributed by atoms with E-state index in [0.717, 1.165) is 49.7 Å². The normalized spacial score (nSPS) is 15.5. The predicted octanol–water partition coefficient (Wildman–Crippen LogP) is 8.89. The number of hydrogen-bond acceptors (Lipinski definition) is 8. The fourth-order valence-electron chi connectivity index (χ4n) is 6.41. The van der Waals surface area contributed by atoms with E-state index in [1.54, 1.807) is 66.7 Å². The van der Waals surface area contributed by atoms with Crippen molar-refractivity contribution >= 4 is 103 Å². The zero-order valence-corrected chi connectivity index (χ0v) is 35.5. The maximum absolute atomic E-state index is 12.0. The number of carbonyl (C=O) groups is 3. The molecule has 1 aromatic heterocycles. The van der Waals surface area contributed by atoms with Crippen LogP contribution in [0.5, 0.6) is 0 Å². The minimum atomic E-state index is -1.50. The zero-order valence-electron chi connectivity index (χ0n) is 31.6. The quantitative estimate of drug-likeness (QED) is 0.162. The van der Waals surface area contributed by atoms with E-state index in [-0.39, 0.29) is 24.9 Å². The summed E-state index contributed by atoms with van der Waals surface area (Å²) in [6.45, 7) is 0.255. The number of likely N-dealkylation sites (N-methyl/N-ethyl adjacent to an activating group) is 1. The SMILES string of the molecule is CN1C(=O)CN=C(c2ccccc2)c2cc(Cl)ccc21.O=C1CN=C(c2ccccn2)c2cc(Br)ccc2N1.O=C1Nc2ccc(Cl)cc2C(c2ccccc2Cl)=NC1O. The second-order valence-electron chi connectivity index (χ2n) is 13.3. The molecule has 0 radical (unpaired) electrons. The summed E-state index contributed by atoms with van der Waals surface area (Å²) in [5, 5.41) is 16.9. The summed E-state index contributed by atoms with van der Waals surface area (Å²) in [4.78, 5) is 54.4. The van der Waals surface area contributed by atoms with Gasteiger partial charge in [0.1, 0.15) is 13.1 Å². The molecule has 4 heterocycles. The average molecular weight is 922 g/mol. The van der Waals surface area contributed by atoms with Crippen LogP contribution in [-0.2, 0) is 14.4 Å². The van der Waals surface area contributed by atoms with Crippen molar-refractivity contribution in [3.63, 3.8) is 0 Å². The van der Waals surface area contributed by atoms with Gasteiger partial charge in [-0.05, 0) is 72.8 Å². The molecule has 0 saturated heterocycles. The van der Waals surface area contributed by atoms with Crippen LogP contribution >= 0.6 is 50.7 Å². The maximum Gasteiger partial charge on any atom is 0.276 e. The van der Waals surface area contributed by atoms with Crippen LogP contribution in [0.2, 0.25) is 15.1 Å². The number of rotatable bonds is 3. The summed E-state index contributed by atoms with van der Waals surface area (Å²) in [5.41, 5.74) is 8.82. The topological polar surface area (TPSA) is 149 Å². The van der Waals surface area contributed by atoms with E-state index in [9.17, 15) is 19.5 Å². The van der Waals surface area contributed by atoms with E-state index in [1.165, 1.54) is 0 Å². The Morgan fingerprint density at radius 2 is 1.32 bits per heavy atom. The molecule has 3 aliphatic rings. The second-order valence-corrected chi connectivity index (χ2v) is 15.5. The maximum atomic E-state index is 12.0. The van der Waals surface area contributed by atoms with E-state index in [2.05, 4.69) is 46.5 Å². The van der Waals surface area contributed by atoms with Gasteiger partial charge in [0.2, 0.25) is 18.0 Å². The first-order chi connectivity index (χ1) is 29.0. The van der Waals surface area contributed by atoms with Crippen LogP contribution < -0.4 is 15.5 Å². The largest absolute Gasteiger partial charge is 0.364 e. The van der Waals surface area contributed by atoms with Crippen molar-refractivity contribution in [2.75, 3.05) is 35.7 Å². The lowest BCUT2D eigenvalue weighted by molar-refractivity contribution is -0.123. The number of hydrogen-bond donors (Lipinski definition) is 3. The molecule has 0 saturated carbocycles. The number of carbonyl (C=O) groups excluding carboxylic acids is 3. The van der Waals surface area contributed by atoms with Gasteiger partial charge in [0.25, 0.3) is 5.91 Å². The zero-order chi connectivity index (χ0) is 42.3. The molecular formula is C45H33BrCl3N7O4. The minimum absolute atomic E-state index is 0.0282. The van der Waals surface area contributed by atoms with E-state index < -0.39 is 12.1 Å². The molecule has 3 aliphatic heterocycles. The first-order valence-corrected chi connectivity index (χ1v) is 20.2. The van der Waals surface area contributed by atoms with Crippen molar-refractivity contribution in [2.45, 2.75) is 6.23 Å². The number of aliphatic hydroxyl groups excluding tert-OH is 1. The number of fused-ring (bicyclic) bond motifs is 3. The number of amides is 3. The molecule has 60 heavy (non-hydrogen) atoms. The number of pyridine rings is 1. The van der Waals surface area contributed by atoms with Gasteiger partial charge in [0.05, 0.1) is 39.9 Å². The Kier molecular flexibility index (Phi) is 13.3. The Hall–Kier alpha value is -6.02. The van der Waals surface area contributed by atoms with Gasteiger partial charge in [-0.2, -0.15) is 0 Å². The molecule has 3 amide bonds. The Morgan fingerprint density at radius 1 is 0.667 bits per heavy atom. The number of aliphatic hydroxyl groups is 1. The van der Waals surface area contributed by atoms with Crippen molar-refractivity contribution in [3.8, 4) is 0 Å². The monoisotopic (exact) mass is 919 g/mol. The molecule has 9 rings (SSSR count). The van der Waals surface area contributed by atoms with E-state index in [0.29, 0.717) is 37.6 Å². The number of halogens is 4. The van der Waals surface area contributed by atoms with Crippen LogP contribution in [-0.4, -0.2) is 71.3 Å². The van der Waals surface area contributed by atoms with Gasteiger partial charge in [0, 0.05) is 60.6 Å². The molecule has 6 aromatic rings. The third-order valence-corrected chi connectivity index (χ3v) is 10.6. The molecule has 11 nitrogen and oxygen atoms in total. The smallest absolute Gasteiger partial charge is 0.276 e. The van der Waals surface area contributed by atoms with Gasteiger partial charge in [-0.25, -0.2) is 4.99 Å². The van der Waals surface area contributed by atoms with Crippen molar-refractivity contribution in [3.05, 3.63) is 187 Å². The van der Waals surface area contributed by atoms with Gasteiger partial charge in [-0.15, -0.1) is 0 Å². The van der Waals surface area contributed by atoms with E-state index in [1.807, 2.05) is 78.9 Å². The molecule has 0 spiro atoms. The Balaban J connectivity index is 0.000000136. The highest BCUT2D eigenvalue weighted by Gasteiger charge is 2.26. The summed E-state index contributed by atoms with van der Waals surface area (Å²) < 4.78 is 0.936. The van der Waals surface area contributed by atoms with Gasteiger partial charge < -0.3 is 20.6 Å². The number of benzene rings is 5. The van der Waals surface area contributed by atoms with Crippen LogP contribution in [0.25, 0.3) is 0 Å². The number of aliphatic imine (C=N–C) groups is 3. The molecule has 0 fully saturated rings. The molecule has 0 aliphatic carbocycles. The summed E-state index contributed by atoms with van der Waals surface area (Å²) in [6, 6.07) is 38.8. The third kappa shape index (κ3) is 9.71. The van der Waals surface area contributed by atoms with E-state index in [4.69, 9.17) is 34.8 Å². The fraction of sp³-hybridized carbons (Fsp3) is 0.0889. The van der Waals surface area contributed by atoms with Crippen LogP contribution in [0, 0.1) is 0 Å². The van der Waals surface area contributed by atoms with Crippen LogP contribution in [0.4, 0.5) is 17.1 Å². The highest BCUT2D eigenvalue weighted by molar-refractivity contribution is 9.10. The predicted molar refractivity (Wildman–Crippen MR) is 243 cm³/mol. The average Bonchev–Trinajstić information content (AvgIpc) is 3.55. The molecule has 5 aromatic carbocycles. The lowest BCUT2D eigenvalue weighted by atomic mass is 10.0. The second kappa shape index (κ2) is 18.9. The highest BCUT2D eigenvalue weighted by atomic mass is 79.9. The summed E-state index contributed by atoms with van der Waals surface area (Å²) in [6.07, 6.45) is 0.220. The number of benzodiazepines with no additional fused rings is 3. The molecule has 1 atom stereocenters. The fourth-order valence-corrected chi connectivity index (χ4v) is 7.34. The third-order valence-electron chi connectivity index (χ3n) is 9.28. The van der Waals surface area contributed by atoms with Crippen LogP contribution in [0.3, 0.4) is 0 Å². The summed E-state index contributed by atoms with van der Waals surface area (Å²) in [5.74, 6) is -0.741. The lowest BCUT2D eigenvalue weighted by Crippen LogP contribution is -2.27. The lowest BCUT2D eigenvalue weighted by Gasteiger charge is -2.18. The Morgan fingerprint density at radius 3 is 2.07 bits per heavy atom. The van der Waals surface area contributed by atoms with Crippen molar-refractivity contribution in [2.24, 2.45) is 15.0 Å². The molecule has 1 unspecified atom stereocenters. The summed E-state index contributed by atoms with van der Waals surface area (Å²) >= 11 is 21.8. The minimum Gasteiger partial charge on any atom is -0.364 e. The van der Waals surface area contributed by atoms with Gasteiger partial charge >= 0.3 is 0 Å². The van der Waals surface area contributed by atoms with Gasteiger partial charge in [0.15, 0.2) is 0 Å². The van der Waals surface area contributed by atoms with Crippen molar-refractivity contribution in [1.29, 1.82) is 0 Å². The van der Waals surface area contributed by atoms with Gasteiger partial charge in [-0.3, -0.25) is 29.4 Å². The van der Waals surface area contributed by atoms with Crippen LogP contribution in [0.15, 0.2) is 153 Å². The molecule has 300 valence electrons. The Bertz CT molecular complexity index is 2710. The molecule has 3 N–H and O–H groups in total. The molecule has 0 bridgehead atoms. The Labute approximate surface area is 368 Å². The number of aromatic nitrogens is 1. The highest BCUT2D eigenvalue weighted by Crippen LogP contribution is 2.31. The number of anilines is 3. The van der Waals surface area contributed by atoms with Crippen molar-refractivity contribution in [1.82, 2.24) is 4.98 Å². The first-order valence-electron chi connectivity index (χ1n) is 18.3. The van der Waals surface area contributed by atoms with E-state index >= 15 is 0 Å². The molecular weight excluding hydrogens is 889 g/mol. The number of nitrogens with zero attached hydrogens (tertiary/aromatic N) is 5. The summed E-state index contributed by atoms with van der Waals surface area (Å²) in [7, 11) is 1.76. The van der Waals surface area contributed by atoms with Gasteiger partial charge in [-0.1, -0.05) is 105 Å². The van der Waals surface area contributed by atoms with Crippen molar-refractivity contribution < 1.29 is 19.5 Å². The first kappa shape index (κ1) is 42.1. The molecule has 15 heteroatoms. The standard InChI is InChI=1S/C16H13ClN2O.C15H10Cl2N2O2.C14H10BrN3O/c1-19-14-8-7-12(17)9-13(14)16(18-10-15(19)20)11-5-3-2-4-6-11;16-8-5-6-12-10(7-8)13(19-15(21)14(20)18-12)9-3-1-2-4-11(9)17;15-9-4-5-11-10(7-9)14(17-8-13(19)18-11)12-3-1-2-6-16-12/h2-9H,10H2,1H3;1-7,15,21H,(H,18,20);1-7H,8H2,(H,18,19). The van der Waals surface area contributed by atoms with Crippen LogP contribution in [0.1, 0.15) is 33.5 Å². The number of nitrogens with one attached hydrogen (secondary N) is 2.